The zero-order valence-electron chi connectivity index (χ0n) is 19.7. The molecule has 0 unspecified atom stereocenters. The van der Waals surface area contributed by atoms with Crippen molar-refractivity contribution in [2.75, 3.05) is 13.1 Å². The van der Waals surface area contributed by atoms with E-state index in [0.29, 0.717) is 6.42 Å². The molecule has 3 atom stereocenters. The summed E-state index contributed by atoms with van der Waals surface area (Å²) in [6, 6.07) is -3.61. The normalized spacial score (nSPS) is 12.8. The topological polar surface area (TPSA) is 296 Å². The number of aliphatic imine (C=N–C) groups is 2. The number of carbonyl (C=O) groups excluding carboxylic acids is 4. The van der Waals surface area contributed by atoms with Crippen LogP contribution >= 0.6 is 0 Å². The number of nitrogens with two attached hydrogens (primary N) is 5. The molecule has 16 nitrogen and oxygen atoms in total. The SMILES string of the molecule is CC(=O)N[C@@H](CCCN=C(N)N)C(=O)N[C@@H](CCC(N)=O)C(=O)N[C@@H](CCCN=C(N)N)C(=O)O. The van der Waals surface area contributed by atoms with Gasteiger partial charge in [-0.1, -0.05) is 0 Å². The lowest BCUT2D eigenvalue weighted by Crippen LogP contribution is -2.55. The first-order chi connectivity index (χ1) is 16.3. The summed E-state index contributed by atoms with van der Waals surface area (Å²) in [5, 5.41) is 16.7. The molecule has 0 saturated heterocycles. The van der Waals surface area contributed by atoms with Crippen LogP contribution in [0.3, 0.4) is 0 Å². The summed E-state index contributed by atoms with van der Waals surface area (Å²) in [5.74, 6) is -4.34. The van der Waals surface area contributed by atoms with Crippen molar-refractivity contribution in [2.24, 2.45) is 38.7 Å². The molecule has 0 aromatic carbocycles. The van der Waals surface area contributed by atoms with Crippen molar-refractivity contribution in [1.82, 2.24) is 16.0 Å². The fourth-order valence-electron chi connectivity index (χ4n) is 2.88. The van der Waals surface area contributed by atoms with Crippen LogP contribution in [-0.4, -0.2) is 77.8 Å². The van der Waals surface area contributed by atoms with Crippen LogP contribution in [0.5, 0.6) is 0 Å². The van der Waals surface area contributed by atoms with Crippen molar-refractivity contribution >= 4 is 41.5 Å². The van der Waals surface area contributed by atoms with Crippen molar-refractivity contribution in [3.8, 4) is 0 Å². The molecule has 0 aliphatic carbocycles. The maximum atomic E-state index is 12.8. The van der Waals surface area contributed by atoms with Crippen LogP contribution < -0.4 is 44.6 Å². The number of carbonyl (C=O) groups is 5. The van der Waals surface area contributed by atoms with E-state index in [1.807, 2.05) is 0 Å². The standard InChI is InChI=1S/C19H36N10O6/c1-10(30)27-11(4-2-8-25-18(21)22)15(32)28-12(6-7-14(20)31)16(33)29-13(17(34)35)5-3-9-26-19(23)24/h11-13H,2-9H2,1H3,(H2,20,31)(H,27,30)(H,28,32)(H,29,33)(H,34,35)(H4,21,22,25)(H4,23,24,26)/t11-,12-,13-/m0/s1. The van der Waals surface area contributed by atoms with Gasteiger partial charge in [-0.2, -0.15) is 0 Å². The fourth-order valence-corrected chi connectivity index (χ4v) is 2.88. The number of rotatable bonds is 17. The lowest BCUT2D eigenvalue weighted by atomic mass is 10.1. The Hall–Kier alpha value is -4.11. The van der Waals surface area contributed by atoms with Gasteiger partial charge in [0.25, 0.3) is 0 Å². The van der Waals surface area contributed by atoms with Crippen molar-refractivity contribution in [3.63, 3.8) is 0 Å². The van der Waals surface area contributed by atoms with E-state index in [-0.39, 0.29) is 57.1 Å². The van der Waals surface area contributed by atoms with Gasteiger partial charge in [0, 0.05) is 26.4 Å². The number of nitrogens with one attached hydrogen (secondary N) is 3. The minimum Gasteiger partial charge on any atom is -0.480 e. The lowest BCUT2D eigenvalue weighted by Gasteiger charge is -2.24. The highest BCUT2D eigenvalue weighted by Gasteiger charge is 2.29. The zero-order chi connectivity index (χ0) is 27.0. The molecular formula is C19H36N10O6. The van der Waals surface area contributed by atoms with E-state index in [2.05, 4.69) is 25.9 Å². The summed E-state index contributed by atoms with van der Waals surface area (Å²) in [4.78, 5) is 67.5. The van der Waals surface area contributed by atoms with Crippen LogP contribution in [-0.2, 0) is 24.0 Å². The smallest absolute Gasteiger partial charge is 0.326 e. The summed E-state index contributed by atoms with van der Waals surface area (Å²) < 4.78 is 0. The van der Waals surface area contributed by atoms with Gasteiger partial charge in [-0.15, -0.1) is 0 Å². The van der Waals surface area contributed by atoms with Crippen LogP contribution in [0.25, 0.3) is 0 Å². The van der Waals surface area contributed by atoms with Crippen LogP contribution in [0.15, 0.2) is 9.98 Å². The van der Waals surface area contributed by atoms with E-state index in [1.165, 1.54) is 6.92 Å². The number of guanidine groups is 2. The predicted molar refractivity (Wildman–Crippen MR) is 127 cm³/mol. The molecule has 0 aliphatic heterocycles. The average Bonchev–Trinajstić information content (AvgIpc) is 2.74. The Balaban J connectivity index is 5.36. The zero-order valence-corrected chi connectivity index (χ0v) is 19.7. The second-order valence-corrected chi connectivity index (χ2v) is 7.62. The highest BCUT2D eigenvalue weighted by molar-refractivity contribution is 5.93. The molecule has 4 amide bonds. The number of nitrogens with zero attached hydrogens (tertiary/aromatic N) is 2. The van der Waals surface area contributed by atoms with E-state index in [9.17, 15) is 29.1 Å². The first-order valence-electron chi connectivity index (χ1n) is 10.8. The summed E-state index contributed by atoms with van der Waals surface area (Å²) in [6.07, 6.45) is 0.311. The first kappa shape index (κ1) is 30.9. The summed E-state index contributed by atoms with van der Waals surface area (Å²) >= 11 is 0. The molecule has 0 radical (unpaired) electrons. The van der Waals surface area contributed by atoms with Crippen molar-refractivity contribution in [1.29, 1.82) is 0 Å². The van der Waals surface area contributed by atoms with Gasteiger partial charge in [0.15, 0.2) is 11.9 Å². The fraction of sp³-hybridized carbons (Fsp3) is 0.632. The second kappa shape index (κ2) is 16.5. The van der Waals surface area contributed by atoms with Crippen LogP contribution in [0.4, 0.5) is 0 Å². The number of hydrogen-bond donors (Lipinski definition) is 9. The predicted octanol–water partition coefficient (Wildman–Crippen LogP) is -4.08. The maximum Gasteiger partial charge on any atom is 0.326 e. The number of carboxylic acids is 1. The molecule has 0 fully saturated rings. The van der Waals surface area contributed by atoms with Gasteiger partial charge < -0.3 is 49.7 Å². The highest BCUT2D eigenvalue weighted by Crippen LogP contribution is 2.05. The molecule has 0 aromatic rings. The van der Waals surface area contributed by atoms with Gasteiger partial charge in [0.05, 0.1) is 0 Å². The monoisotopic (exact) mass is 500 g/mol. The van der Waals surface area contributed by atoms with Crippen LogP contribution in [0.1, 0.15) is 45.4 Å². The van der Waals surface area contributed by atoms with Gasteiger partial charge >= 0.3 is 5.97 Å². The number of amides is 4. The van der Waals surface area contributed by atoms with Gasteiger partial charge in [-0.3, -0.25) is 29.2 Å². The third kappa shape index (κ3) is 15.4. The number of primary amides is 1. The maximum absolute atomic E-state index is 12.8. The highest BCUT2D eigenvalue weighted by atomic mass is 16.4. The quantitative estimate of drug-likeness (QED) is 0.0528. The van der Waals surface area contributed by atoms with Gasteiger partial charge in [-0.05, 0) is 32.1 Å². The van der Waals surface area contributed by atoms with Crippen LogP contribution in [0.2, 0.25) is 0 Å². The largest absolute Gasteiger partial charge is 0.480 e. The Morgan fingerprint density at radius 2 is 1.14 bits per heavy atom. The van der Waals surface area contributed by atoms with Crippen molar-refractivity contribution < 1.29 is 29.1 Å². The van der Waals surface area contributed by atoms with E-state index >= 15 is 0 Å². The molecule has 0 bridgehead atoms. The Labute approximate surface area is 202 Å². The lowest BCUT2D eigenvalue weighted by molar-refractivity contribution is -0.142. The van der Waals surface area contributed by atoms with Gasteiger partial charge in [0.1, 0.15) is 18.1 Å². The molecule has 35 heavy (non-hydrogen) atoms. The minimum absolute atomic E-state index is 0.00759. The van der Waals surface area contributed by atoms with E-state index < -0.39 is 47.7 Å². The summed E-state index contributed by atoms with van der Waals surface area (Å²) in [7, 11) is 0. The summed E-state index contributed by atoms with van der Waals surface area (Å²) in [5.41, 5.74) is 26.1. The average molecular weight is 501 g/mol. The van der Waals surface area contributed by atoms with Crippen molar-refractivity contribution in [2.45, 2.75) is 63.6 Å². The number of hydrogen-bond acceptors (Lipinski definition) is 7. The minimum atomic E-state index is -1.31. The summed E-state index contributed by atoms with van der Waals surface area (Å²) in [6.45, 7) is 1.58. The van der Waals surface area contributed by atoms with Crippen molar-refractivity contribution in [3.05, 3.63) is 0 Å². The third-order valence-electron chi connectivity index (χ3n) is 4.51. The Morgan fingerprint density at radius 1 is 0.714 bits per heavy atom. The molecule has 198 valence electrons. The van der Waals surface area contributed by atoms with Crippen LogP contribution in [0, 0.1) is 0 Å². The molecule has 0 spiro atoms. The molecule has 0 aliphatic rings. The van der Waals surface area contributed by atoms with Gasteiger partial charge in [-0.25, -0.2) is 4.79 Å². The molecule has 16 heteroatoms. The number of aliphatic carboxylic acids is 1. The molecule has 0 heterocycles. The van der Waals surface area contributed by atoms with E-state index in [0.717, 1.165) is 0 Å². The number of carboxylic acid groups (broad SMARTS) is 1. The molecule has 0 rings (SSSR count). The molecule has 14 N–H and O–H groups in total. The second-order valence-electron chi connectivity index (χ2n) is 7.62. The van der Waals surface area contributed by atoms with Gasteiger partial charge in [0.2, 0.25) is 23.6 Å². The molecule has 0 saturated carbocycles. The Bertz CT molecular complexity index is 808. The Morgan fingerprint density at radius 3 is 1.54 bits per heavy atom. The molecular weight excluding hydrogens is 464 g/mol. The third-order valence-corrected chi connectivity index (χ3v) is 4.51. The van der Waals surface area contributed by atoms with E-state index in [1.54, 1.807) is 0 Å². The molecule has 0 aromatic heterocycles. The van der Waals surface area contributed by atoms with E-state index in [4.69, 9.17) is 28.7 Å². The first-order valence-corrected chi connectivity index (χ1v) is 10.8. The Kier molecular flexibility index (Phi) is 14.6.